The van der Waals surface area contributed by atoms with Crippen molar-refractivity contribution >= 4 is 5.91 Å². The summed E-state index contributed by atoms with van der Waals surface area (Å²) in [6.45, 7) is 0.714. The third-order valence-corrected chi connectivity index (χ3v) is 3.48. The first-order valence-electron chi connectivity index (χ1n) is 5.88. The summed E-state index contributed by atoms with van der Waals surface area (Å²) in [6.07, 6.45) is 7.30. The largest absolute Gasteiger partial charge is 0.446 e. The van der Waals surface area contributed by atoms with Gasteiger partial charge in [0.25, 0.3) is 0 Å². The number of nitrogens with zero attached hydrogens (tertiary/aromatic N) is 2. The summed E-state index contributed by atoms with van der Waals surface area (Å²) in [6, 6.07) is -0.147. The Hall–Kier alpha value is -1.62. The summed E-state index contributed by atoms with van der Waals surface area (Å²) in [5.41, 5.74) is 0.892. The van der Waals surface area contributed by atoms with Gasteiger partial charge in [-0.25, -0.2) is 4.98 Å². The number of carbonyl (C=O) groups is 1. The van der Waals surface area contributed by atoms with Gasteiger partial charge in [0.1, 0.15) is 6.04 Å². The highest BCUT2D eigenvalue weighted by molar-refractivity contribution is 5.84. The van der Waals surface area contributed by atoms with Crippen LogP contribution in [0.25, 0.3) is 0 Å². The van der Waals surface area contributed by atoms with Gasteiger partial charge in [0.15, 0.2) is 12.2 Å². The van der Waals surface area contributed by atoms with Crippen molar-refractivity contribution in [3.8, 4) is 0 Å². The van der Waals surface area contributed by atoms with E-state index in [-0.39, 0.29) is 11.9 Å². The molecule has 1 aromatic heterocycles. The molecular formula is C12H15N3O2. The molecule has 90 valence electrons. The number of hydrogen-bond acceptors (Lipinski definition) is 4. The number of hydrogen-bond donors (Lipinski definition) is 1. The second kappa shape index (κ2) is 4.00. The molecule has 3 rings (SSSR count). The number of nitrogens with one attached hydrogen (secondary N) is 1. The number of fused-ring (bicyclic) bond motifs is 1. The fourth-order valence-electron chi connectivity index (χ4n) is 2.39. The van der Waals surface area contributed by atoms with E-state index < -0.39 is 6.04 Å². The van der Waals surface area contributed by atoms with Crippen molar-refractivity contribution in [2.75, 3.05) is 13.6 Å². The zero-order valence-corrected chi connectivity index (χ0v) is 9.72. The molecule has 2 aliphatic rings. The van der Waals surface area contributed by atoms with Crippen LogP contribution in [0.4, 0.5) is 0 Å². The van der Waals surface area contributed by atoms with E-state index in [9.17, 15) is 4.79 Å². The summed E-state index contributed by atoms with van der Waals surface area (Å²) < 4.78 is 5.35. The molecule has 2 unspecified atom stereocenters. The first-order chi connectivity index (χ1) is 8.31. The van der Waals surface area contributed by atoms with E-state index in [1.54, 1.807) is 7.05 Å². The molecule has 0 saturated carbocycles. The fourth-order valence-corrected chi connectivity index (χ4v) is 2.39. The highest BCUT2D eigenvalue weighted by Gasteiger charge is 2.36. The summed E-state index contributed by atoms with van der Waals surface area (Å²) in [4.78, 5) is 18.5. The third kappa shape index (κ3) is 1.58. The van der Waals surface area contributed by atoms with Crippen LogP contribution in [-0.4, -0.2) is 35.4 Å². The molecule has 1 aliphatic carbocycles. The zero-order valence-electron chi connectivity index (χ0n) is 9.72. The normalized spacial score (nSPS) is 27.6. The van der Waals surface area contributed by atoms with Gasteiger partial charge < -0.3 is 14.6 Å². The highest BCUT2D eigenvalue weighted by Crippen LogP contribution is 2.27. The quantitative estimate of drug-likeness (QED) is 0.762. The molecule has 1 N–H and O–H groups in total. The van der Waals surface area contributed by atoms with Crippen LogP contribution in [0, 0.1) is 0 Å². The van der Waals surface area contributed by atoms with E-state index >= 15 is 0 Å². The topological polar surface area (TPSA) is 58.4 Å². The SMILES string of the molecule is CNC1C(=O)N(C2C=CC2)CCc2ncoc21. The Morgan fingerprint density at radius 2 is 2.41 bits per heavy atom. The van der Waals surface area contributed by atoms with E-state index in [1.807, 2.05) is 4.90 Å². The average molecular weight is 233 g/mol. The maximum absolute atomic E-state index is 12.4. The monoisotopic (exact) mass is 233 g/mol. The van der Waals surface area contributed by atoms with Crippen molar-refractivity contribution in [1.82, 2.24) is 15.2 Å². The molecule has 2 heterocycles. The van der Waals surface area contributed by atoms with Crippen LogP contribution in [0.2, 0.25) is 0 Å². The van der Waals surface area contributed by atoms with Gasteiger partial charge in [-0.1, -0.05) is 12.2 Å². The van der Waals surface area contributed by atoms with Gasteiger partial charge in [0, 0.05) is 13.0 Å². The molecule has 1 aliphatic heterocycles. The Morgan fingerprint density at radius 3 is 3.06 bits per heavy atom. The van der Waals surface area contributed by atoms with E-state index in [1.165, 1.54) is 6.39 Å². The number of amides is 1. The summed E-state index contributed by atoms with van der Waals surface area (Å²) in [5.74, 6) is 0.751. The van der Waals surface area contributed by atoms with Crippen LogP contribution < -0.4 is 5.32 Å². The minimum absolute atomic E-state index is 0.0809. The second-order valence-corrected chi connectivity index (χ2v) is 4.40. The summed E-state index contributed by atoms with van der Waals surface area (Å²) >= 11 is 0. The fraction of sp³-hybridized carbons (Fsp3) is 0.500. The maximum atomic E-state index is 12.4. The van der Waals surface area contributed by atoms with E-state index in [4.69, 9.17) is 4.42 Å². The predicted octanol–water partition coefficient (Wildman–Crippen LogP) is 0.648. The van der Waals surface area contributed by atoms with Crippen molar-refractivity contribution in [3.05, 3.63) is 30.0 Å². The standard InChI is InChI=1S/C12H15N3O2/c1-13-10-11-9(14-7-17-11)5-6-15(12(10)16)8-3-2-4-8/h2-3,7-8,10,13H,4-6H2,1H3. The van der Waals surface area contributed by atoms with Gasteiger partial charge in [0.05, 0.1) is 11.7 Å². The van der Waals surface area contributed by atoms with E-state index in [0.29, 0.717) is 12.3 Å². The lowest BCUT2D eigenvalue weighted by Gasteiger charge is -2.33. The van der Waals surface area contributed by atoms with Crippen LogP contribution in [0.3, 0.4) is 0 Å². The minimum atomic E-state index is -0.399. The Balaban J connectivity index is 1.93. The molecule has 0 radical (unpaired) electrons. The molecule has 0 aromatic carbocycles. The molecule has 0 saturated heterocycles. The lowest BCUT2D eigenvalue weighted by molar-refractivity contribution is -0.135. The molecule has 0 bridgehead atoms. The lowest BCUT2D eigenvalue weighted by atomic mass is 10.0. The van der Waals surface area contributed by atoms with Crippen LogP contribution >= 0.6 is 0 Å². The molecule has 17 heavy (non-hydrogen) atoms. The van der Waals surface area contributed by atoms with Crippen molar-refractivity contribution in [2.45, 2.75) is 24.9 Å². The predicted molar refractivity (Wildman–Crippen MR) is 61.3 cm³/mol. The van der Waals surface area contributed by atoms with Gasteiger partial charge in [-0.05, 0) is 13.5 Å². The molecule has 5 nitrogen and oxygen atoms in total. The number of aromatic nitrogens is 1. The molecule has 1 amide bonds. The average Bonchev–Trinajstić information content (AvgIpc) is 2.66. The third-order valence-electron chi connectivity index (χ3n) is 3.48. The first kappa shape index (κ1) is 10.5. The maximum Gasteiger partial charge on any atom is 0.248 e. The summed E-state index contributed by atoms with van der Waals surface area (Å²) in [7, 11) is 1.77. The number of likely N-dealkylation sites (N-methyl/N-ethyl adjacent to an activating group) is 1. The Bertz CT molecular complexity index is 466. The molecule has 1 aromatic rings. The molecule has 0 spiro atoms. The smallest absolute Gasteiger partial charge is 0.248 e. The van der Waals surface area contributed by atoms with Gasteiger partial charge in [0.2, 0.25) is 5.91 Å². The van der Waals surface area contributed by atoms with Crippen LogP contribution in [0.1, 0.15) is 23.9 Å². The number of rotatable bonds is 2. The zero-order chi connectivity index (χ0) is 11.8. The van der Waals surface area contributed by atoms with Crippen LogP contribution in [0.15, 0.2) is 23.0 Å². The van der Waals surface area contributed by atoms with Crippen LogP contribution in [0.5, 0.6) is 0 Å². The second-order valence-electron chi connectivity index (χ2n) is 4.40. The van der Waals surface area contributed by atoms with Gasteiger partial charge in [-0.15, -0.1) is 0 Å². The Labute approximate surface area is 99.5 Å². The van der Waals surface area contributed by atoms with Crippen molar-refractivity contribution < 1.29 is 9.21 Å². The molecule has 5 heteroatoms. The molecular weight excluding hydrogens is 218 g/mol. The number of carbonyl (C=O) groups excluding carboxylic acids is 1. The van der Waals surface area contributed by atoms with E-state index in [2.05, 4.69) is 22.5 Å². The van der Waals surface area contributed by atoms with E-state index in [0.717, 1.165) is 18.5 Å². The van der Waals surface area contributed by atoms with Crippen molar-refractivity contribution in [2.24, 2.45) is 0 Å². The Morgan fingerprint density at radius 1 is 1.59 bits per heavy atom. The van der Waals surface area contributed by atoms with Crippen molar-refractivity contribution in [3.63, 3.8) is 0 Å². The lowest BCUT2D eigenvalue weighted by Crippen LogP contribution is -2.46. The molecule has 0 fully saturated rings. The number of oxazole rings is 1. The van der Waals surface area contributed by atoms with Gasteiger partial charge in [-0.3, -0.25) is 4.79 Å². The molecule has 2 atom stereocenters. The van der Waals surface area contributed by atoms with Crippen LogP contribution in [-0.2, 0) is 11.2 Å². The van der Waals surface area contributed by atoms with Gasteiger partial charge >= 0.3 is 0 Å². The minimum Gasteiger partial charge on any atom is -0.446 e. The first-order valence-corrected chi connectivity index (χ1v) is 5.88. The highest BCUT2D eigenvalue weighted by atomic mass is 16.3. The van der Waals surface area contributed by atoms with Gasteiger partial charge in [-0.2, -0.15) is 0 Å². The van der Waals surface area contributed by atoms with Crippen molar-refractivity contribution in [1.29, 1.82) is 0 Å². The Kier molecular flexibility index (Phi) is 2.48. The summed E-state index contributed by atoms with van der Waals surface area (Å²) in [5, 5.41) is 3.02.